The van der Waals surface area contributed by atoms with Gasteiger partial charge in [0.1, 0.15) is 5.82 Å². The molecule has 1 atom stereocenters. The largest absolute Gasteiger partial charge is 0.422 e. The van der Waals surface area contributed by atoms with Crippen LogP contribution in [0, 0.1) is 5.92 Å². The van der Waals surface area contributed by atoms with E-state index in [2.05, 4.69) is 15.3 Å². The number of carbonyl (C=O) groups is 1. The van der Waals surface area contributed by atoms with Crippen molar-refractivity contribution >= 4 is 40.0 Å². The SMILES string of the molecule is O=C(Nc1ccc(Cl)cc1)[C@@H]1CCCN(c2nc(=O)n(O)c3ncccc23)C1. The summed E-state index contributed by atoms with van der Waals surface area (Å²) in [6.45, 7) is 1.09. The molecule has 0 spiro atoms. The van der Waals surface area contributed by atoms with Gasteiger partial charge in [0.15, 0.2) is 5.65 Å². The Kier molecular flexibility index (Phi) is 4.87. The Morgan fingerprint density at radius 1 is 1.25 bits per heavy atom. The number of fused-ring (bicyclic) bond motifs is 1. The van der Waals surface area contributed by atoms with Gasteiger partial charge in [0.2, 0.25) is 5.91 Å². The van der Waals surface area contributed by atoms with Crippen LogP contribution in [0.15, 0.2) is 47.4 Å². The Labute approximate surface area is 165 Å². The highest BCUT2D eigenvalue weighted by molar-refractivity contribution is 6.30. The van der Waals surface area contributed by atoms with E-state index < -0.39 is 5.69 Å². The molecule has 1 amide bonds. The summed E-state index contributed by atoms with van der Waals surface area (Å²) in [5.74, 6) is 0.0850. The van der Waals surface area contributed by atoms with Gasteiger partial charge >= 0.3 is 5.69 Å². The first-order valence-electron chi connectivity index (χ1n) is 8.91. The monoisotopic (exact) mass is 399 g/mol. The minimum Gasteiger partial charge on any atom is -0.422 e. The molecule has 1 aliphatic heterocycles. The van der Waals surface area contributed by atoms with Gasteiger partial charge in [-0.3, -0.25) is 4.79 Å². The second kappa shape index (κ2) is 7.47. The summed E-state index contributed by atoms with van der Waals surface area (Å²) in [5.41, 5.74) is 0.0290. The maximum absolute atomic E-state index is 12.7. The Hall–Kier alpha value is -3.13. The van der Waals surface area contributed by atoms with E-state index in [1.165, 1.54) is 6.20 Å². The molecule has 9 heteroatoms. The lowest BCUT2D eigenvalue weighted by atomic mass is 9.96. The Morgan fingerprint density at radius 2 is 2.04 bits per heavy atom. The van der Waals surface area contributed by atoms with Gasteiger partial charge in [-0.2, -0.15) is 4.98 Å². The van der Waals surface area contributed by atoms with Gasteiger partial charge in [0.25, 0.3) is 0 Å². The molecule has 2 N–H and O–H groups in total. The van der Waals surface area contributed by atoms with Gasteiger partial charge in [-0.25, -0.2) is 9.78 Å². The molecule has 4 rings (SSSR count). The van der Waals surface area contributed by atoms with E-state index in [0.29, 0.717) is 39.7 Å². The smallest absolute Gasteiger partial charge is 0.384 e. The average molecular weight is 400 g/mol. The van der Waals surface area contributed by atoms with Gasteiger partial charge in [0, 0.05) is 30.0 Å². The van der Waals surface area contributed by atoms with Crippen molar-refractivity contribution in [2.24, 2.45) is 5.92 Å². The highest BCUT2D eigenvalue weighted by atomic mass is 35.5. The molecule has 2 aromatic heterocycles. The number of benzene rings is 1. The Morgan fingerprint density at radius 3 is 2.82 bits per heavy atom. The molecule has 28 heavy (non-hydrogen) atoms. The zero-order chi connectivity index (χ0) is 19.7. The molecule has 0 radical (unpaired) electrons. The molecule has 144 valence electrons. The maximum Gasteiger partial charge on any atom is 0.384 e. The number of amides is 1. The number of aromatic nitrogens is 3. The predicted octanol–water partition coefficient (Wildman–Crippen LogP) is 2.54. The first kappa shape index (κ1) is 18.2. The fourth-order valence-electron chi connectivity index (χ4n) is 3.43. The molecule has 1 fully saturated rings. The number of nitrogens with one attached hydrogen (secondary N) is 1. The zero-order valence-electron chi connectivity index (χ0n) is 14.9. The lowest BCUT2D eigenvalue weighted by Gasteiger charge is -2.33. The highest BCUT2D eigenvalue weighted by Gasteiger charge is 2.28. The lowest BCUT2D eigenvalue weighted by molar-refractivity contribution is -0.120. The third-order valence-corrected chi connectivity index (χ3v) is 5.07. The molecule has 8 nitrogen and oxygen atoms in total. The van der Waals surface area contributed by atoms with Gasteiger partial charge in [-0.15, -0.1) is 4.73 Å². The van der Waals surface area contributed by atoms with Crippen LogP contribution in [0.5, 0.6) is 0 Å². The molecule has 1 saturated heterocycles. The molecule has 0 aliphatic carbocycles. The van der Waals surface area contributed by atoms with Crippen molar-refractivity contribution in [3.63, 3.8) is 0 Å². The number of carbonyl (C=O) groups excluding carboxylic acids is 1. The van der Waals surface area contributed by atoms with E-state index in [-0.39, 0.29) is 17.5 Å². The van der Waals surface area contributed by atoms with E-state index in [9.17, 15) is 14.8 Å². The van der Waals surface area contributed by atoms with Crippen molar-refractivity contribution in [3.05, 3.63) is 58.1 Å². The number of halogens is 1. The fourth-order valence-corrected chi connectivity index (χ4v) is 3.56. The van der Waals surface area contributed by atoms with Crippen LogP contribution in [0.2, 0.25) is 5.02 Å². The van der Waals surface area contributed by atoms with Crippen molar-refractivity contribution in [1.29, 1.82) is 0 Å². The van der Waals surface area contributed by atoms with Crippen LogP contribution >= 0.6 is 11.6 Å². The lowest BCUT2D eigenvalue weighted by Crippen LogP contribution is -2.42. The van der Waals surface area contributed by atoms with Crippen LogP contribution in [-0.2, 0) is 4.79 Å². The molecular weight excluding hydrogens is 382 g/mol. The number of hydrogen-bond acceptors (Lipinski definition) is 6. The molecule has 0 saturated carbocycles. The molecule has 3 aromatic rings. The van der Waals surface area contributed by atoms with Crippen LogP contribution in [0.3, 0.4) is 0 Å². The minimum atomic E-state index is -0.797. The third kappa shape index (κ3) is 3.50. The first-order chi connectivity index (χ1) is 13.5. The summed E-state index contributed by atoms with van der Waals surface area (Å²) in [6, 6.07) is 10.4. The van der Waals surface area contributed by atoms with Crippen molar-refractivity contribution in [3.8, 4) is 0 Å². The third-order valence-electron chi connectivity index (χ3n) is 4.81. The minimum absolute atomic E-state index is 0.0926. The second-order valence-corrected chi connectivity index (χ2v) is 7.12. The van der Waals surface area contributed by atoms with Crippen molar-refractivity contribution in [1.82, 2.24) is 14.7 Å². The van der Waals surface area contributed by atoms with Gasteiger partial charge in [0.05, 0.1) is 11.3 Å². The molecule has 1 aromatic carbocycles. The molecule has 0 bridgehead atoms. The van der Waals surface area contributed by atoms with Crippen LogP contribution in [0.4, 0.5) is 11.5 Å². The molecule has 0 unspecified atom stereocenters. The Bertz CT molecular complexity index is 1080. The van der Waals surface area contributed by atoms with Crippen LogP contribution in [0.1, 0.15) is 12.8 Å². The molecule has 3 heterocycles. The second-order valence-electron chi connectivity index (χ2n) is 6.69. The quantitative estimate of drug-likeness (QED) is 0.656. The summed E-state index contributed by atoms with van der Waals surface area (Å²) >= 11 is 5.88. The zero-order valence-corrected chi connectivity index (χ0v) is 15.6. The Balaban J connectivity index is 1.58. The highest BCUT2D eigenvalue weighted by Crippen LogP contribution is 2.27. The van der Waals surface area contributed by atoms with Gasteiger partial charge in [-0.1, -0.05) is 11.6 Å². The molecule has 1 aliphatic rings. The van der Waals surface area contributed by atoms with Gasteiger partial charge < -0.3 is 15.4 Å². The normalized spacial score (nSPS) is 16.9. The summed E-state index contributed by atoms with van der Waals surface area (Å²) in [5, 5.41) is 14.0. The summed E-state index contributed by atoms with van der Waals surface area (Å²) < 4.78 is 0.438. The van der Waals surface area contributed by atoms with Crippen LogP contribution in [0.25, 0.3) is 11.0 Å². The topological polar surface area (TPSA) is 100 Å². The van der Waals surface area contributed by atoms with E-state index in [4.69, 9.17) is 11.6 Å². The maximum atomic E-state index is 12.7. The van der Waals surface area contributed by atoms with Crippen molar-refractivity contribution in [2.45, 2.75) is 12.8 Å². The van der Waals surface area contributed by atoms with Gasteiger partial charge in [-0.05, 0) is 49.2 Å². The van der Waals surface area contributed by atoms with E-state index >= 15 is 0 Å². The number of anilines is 2. The van der Waals surface area contributed by atoms with Crippen molar-refractivity contribution in [2.75, 3.05) is 23.3 Å². The number of rotatable bonds is 3. The average Bonchev–Trinajstić information content (AvgIpc) is 2.72. The number of nitrogens with zero attached hydrogens (tertiary/aromatic N) is 4. The van der Waals surface area contributed by atoms with Crippen LogP contribution < -0.4 is 15.9 Å². The first-order valence-corrected chi connectivity index (χ1v) is 9.29. The van der Waals surface area contributed by atoms with E-state index in [1.54, 1.807) is 36.4 Å². The number of hydrogen-bond donors (Lipinski definition) is 2. The summed E-state index contributed by atoms with van der Waals surface area (Å²) in [7, 11) is 0. The predicted molar refractivity (Wildman–Crippen MR) is 106 cm³/mol. The summed E-state index contributed by atoms with van der Waals surface area (Å²) in [4.78, 5) is 34.7. The van der Waals surface area contributed by atoms with Crippen molar-refractivity contribution < 1.29 is 10.0 Å². The molecular formula is C19H18ClN5O3. The van der Waals surface area contributed by atoms with E-state index in [1.807, 2.05) is 4.90 Å². The van der Waals surface area contributed by atoms with E-state index in [0.717, 1.165) is 12.8 Å². The number of piperidine rings is 1. The van der Waals surface area contributed by atoms with Crippen LogP contribution in [-0.4, -0.2) is 38.9 Å². The standard InChI is InChI=1S/C19H18ClN5O3/c20-13-5-7-14(8-6-13)22-18(26)12-3-2-10-24(11-12)17-15-4-1-9-21-16(15)25(28)19(27)23-17/h1,4-9,12,28H,2-3,10-11H2,(H,22,26)/t12-/m1/s1. The summed E-state index contributed by atoms with van der Waals surface area (Å²) in [6.07, 6.45) is 3.02. The fraction of sp³-hybridized carbons (Fsp3) is 0.263. The number of pyridine rings is 1.